The number of terminal acetylenes is 1. The second kappa shape index (κ2) is 96.2. The molecule has 12 aromatic rings. The first kappa shape index (κ1) is 128. The third-order valence-electron chi connectivity index (χ3n) is 14.7. The molecule has 0 aromatic heterocycles. The third-order valence-corrected chi connectivity index (χ3v) is 14.7. The standard InChI is InChI=1S/C21H16O.C19H16O.C15H12O.C13H10O.C13H12O.17F2.2H3P/c22-21(19-12-6-2-7-13-19,20-14-8-3-9-15-20)17-16-18-10-4-1-5-11-18;20-19(16-10-4-1-5-11-16,17-12-6-2-7-13-17)18-14-8-3-9-15-18;1-2-15(16,13-9-5-3-6-10-13)14-11-7-4-8-12-14;14-13-11-7-3-1-5-9(11)10-6-2-4-8-12(10)13;14-13(11-7-3-1-4-8-11)12-9-5-2-6-10-12;17*1-2;;/h1-15,22H;1-15,20H;1,3-12,16H;1-8,13-14H;1-10,13-14H;;;;;;;;;;;;;;;;;;2*1H3/i;;;;;;;;;;;;;;;;;;;;;;1T;1D. The van der Waals surface area contributed by atoms with Gasteiger partial charge in [-0.3, -0.25) is 0 Å². The Kier molecular flexibility index (Phi) is 101. The van der Waals surface area contributed by atoms with Crippen LogP contribution in [0, 0.1) is 24.2 Å². The fraction of sp³-hybridized carbons (Fsp3) is 0.0617. The molecule has 0 heterocycles. The van der Waals surface area contributed by atoms with Gasteiger partial charge in [-0.15, -0.1) is 6.42 Å². The van der Waals surface area contributed by atoms with E-state index in [9.17, 15) is 25.5 Å². The lowest BCUT2D eigenvalue weighted by molar-refractivity contribution is 0.108. The lowest BCUT2D eigenvalue weighted by Crippen LogP contribution is -2.28. The Morgan fingerprint density at radius 1 is 0.270 bits per heavy atom. The van der Waals surface area contributed by atoms with Crippen molar-refractivity contribution in [3.8, 4) is 35.3 Å². The van der Waals surface area contributed by atoms with Gasteiger partial charge in [0.1, 0.15) is 17.8 Å². The van der Waals surface area contributed by atoms with E-state index in [1.165, 1.54) is 0 Å². The highest BCUT2D eigenvalue weighted by Crippen LogP contribution is 2.43. The number of halogens is 34. The normalized spacial score (nSPS) is 8.89. The van der Waals surface area contributed by atoms with Gasteiger partial charge in [-0.25, -0.2) is 0 Å². The van der Waals surface area contributed by atoms with E-state index in [-0.39, 0.29) is 0 Å². The molecular weight excluding hydrogens is 1760 g/mol. The van der Waals surface area contributed by atoms with Crippen molar-refractivity contribution in [2.75, 3.05) is 0 Å². The molecule has 1 aliphatic rings. The van der Waals surface area contributed by atoms with Gasteiger partial charge in [0, 0.05) is 183 Å². The molecule has 0 spiro atoms. The molecule has 2 atom stereocenters. The first-order chi connectivity index (χ1) is 61.1. The average Bonchev–Trinajstić information content (AvgIpc) is 1.68. The molecule has 5 nitrogen and oxygen atoms in total. The van der Waals surface area contributed by atoms with Crippen LogP contribution < -0.4 is 0 Å². The Morgan fingerprint density at radius 3 is 0.656 bits per heavy atom. The van der Waals surface area contributed by atoms with Crippen molar-refractivity contribution in [2.45, 2.75) is 29.0 Å². The van der Waals surface area contributed by atoms with Crippen molar-refractivity contribution in [2.24, 2.45) is 0 Å². The van der Waals surface area contributed by atoms with E-state index in [2.05, 4.69) is 29.9 Å². The fourth-order valence-corrected chi connectivity index (χ4v) is 10.2. The Labute approximate surface area is 684 Å². The van der Waals surface area contributed by atoms with Crippen LogP contribution >= 0.6 is 19.7 Å². The quantitative estimate of drug-likeness (QED) is 0.0429. The summed E-state index contributed by atoms with van der Waals surface area (Å²) < 4.78 is 283. The summed E-state index contributed by atoms with van der Waals surface area (Å²) >= 11 is 0. The molecule has 0 aliphatic heterocycles. The molecule has 674 valence electrons. The molecule has 0 radical (unpaired) electrons. The molecule has 1 aliphatic carbocycles. The van der Waals surface area contributed by atoms with Crippen LogP contribution in [0.5, 0.6) is 0 Å². The minimum atomic E-state index is -1.34. The summed E-state index contributed by atoms with van der Waals surface area (Å²) in [7, 11) is 3.33. The lowest BCUT2D eigenvalue weighted by atomic mass is 9.80. The third kappa shape index (κ3) is 47.7. The Hall–Kier alpha value is -12.0. The zero-order valence-electron chi connectivity index (χ0n) is 63.5. The molecule has 2 unspecified atom stereocenters. The van der Waals surface area contributed by atoms with Crippen molar-refractivity contribution in [1.82, 2.24) is 0 Å². The van der Waals surface area contributed by atoms with Gasteiger partial charge < -0.3 is 25.5 Å². The van der Waals surface area contributed by atoms with Crippen LogP contribution in [-0.4, -0.2) is 28.1 Å². The number of hydrogen-bond donors (Lipinski definition) is 5. The number of hydrogen-bond acceptors (Lipinski definition) is 5. The molecule has 13 rings (SSSR count). The first-order valence-corrected chi connectivity index (χ1v) is 30.8. The maximum absolute atomic E-state index is 11.4. The van der Waals surface area contributed by atoms with E-state index in [1.54, 1.807) is 19.7 Å². The lowest BCUT2D eigenvalue weighted by Gasteiger charge is -2.30. The number of benzene rings is 12. The van der Waals surface area contributed by atoms with E-state index in [0.29, 0.717) is 11.1 Å². The molecule has 0 bridgehead atoms. The van der Waals surface area contributed by atoms with Crippen molar-refractivity contribution >= 4 is 19.7 Å². The number of aliphatic hydroxyl groups excluding tert-OH is 2. The molecular formula is C81H72F34O5P2. The topological polar surface area (TPSA) is 101 Å². The monoisotopic (exact) mass is 1840 g/mol. The first-order valence-electron chi connectivity index (χ1n) is 32.0. The minimum absolute atomic E-state index is 0.442. The van der Waals surface area contributed by atoms with Crippen molar-refractivity contribution in [1.29, 1.82) is 2.56 Å². The van der Waals surface area contributed by atoms with Crippen LogP contribution in [0.15, 0.2) is 352 Å². The molecule has 0 fully saturated rings. The largest absolute Gasteiger partial charge is 0.384 e. The van der Waals surface area contributed by atoms with Gasteiger partial charge in [-0.1, -0.05) is 357 Å². The second-order valence-electron chi connectivity index (χ2n) is 20.3. The zero-order valence-corrected chi connectivity index (χ0v) is 63.8. The Balaban J connectivity index is -0.000000131. The highest BCUT2D eigenvalue weighted by atomic mass is 31.0. The zero-order chi connectivity index (χ0) is 97.9. The summed E-state index contributed by atoms with van der Waals surface area (Å²) in [4.78, 5) is 0. The van der Waals surface area contributed by atoms with E-state index in [0.717, 1.165) is 66.8 Å². The van der Waals surface area contributed by atoms with Crippen LogP contribution in [0.1, 0.15) is 79.0 Å². The van der Waals surface area contributed by atoms with Gasteiger partial charge in [0.05, 0.1) is 2.56 Å². The van der Waals surface area contributed by atoms with Crippen molar-refractivity contribution in [3.63, 3.8) is 0 Å². The summed E-state index contributed by atoms with van der Waals surface area (Å²) in [6.45, 7) is 0. The molecule has 12 aromatic carbocycles. The van der Waals surface area contributed by atoms with E-state index in [4.69, 9.17) is 165 Å². The second-order valence-corrected chi connectivity index (χ2v) is 20.3. The van der Waals surface area contributed by atoms with Gasteiger partial charge in [-0.05, 0) is 62.2 Å². The smallest absolute Gasteiger partial charge is 0.177 e. The van der Waals surface area contributed by atoms with Gasteiger partial charge in [0.15, 0.2) is 11.2 Å². The summed E-state index contributed by atoms with van der Waals surface area (Å²) in [6.07, 6.45) is 4.51. The highest BCUT2D eigenvalue weighted by Gasteiger charge is 2.34. The SMILES string of the molecule is C#CC(O)(c1ccccc1)c1ccccc1.FF.FF.FF.FF.FF.FF.FF.FF.FF.FF.FF.FF.FF.FF.FF.FF.FF.OC(C#Cc1ccccc1)(c1ccccc1)c1ccccc1.OC(c1ccccc1)(c1ccccc1)c1ccccc1.OC(c1ccccc1)c1ccccc1.OC1c2ccccc2-c2ccccc21.[2H]P.[3H]P. The van der Waals surface area contributed by atoms with Crippen LogP contribution in [0.2, 0.25) is 0 Å². The molecule has 0 amide bonds. The maximum Gasteiger partial charge on any atom is 0.177 e. The van der Waals surface area contributed by atoms with Gasteiger partial charge in [0.2, 0.25) is 0 Å². The number of rotatable bonds is 9. The molecule has 0 saturated heterocycles. The predicted molar refractivity (Wildman–Crippen MR) is 408 cm³/mol. The minimum Gasteiger partial charge on any atom is -0.384 e. The van der Waals surface area contributed by atoms with Gasteiger partial charge >= 0.3 is 0 Å². The van der Waals surface area contributed by atoms with Crippen molar-refractivity contribution in [3.05, 3.63) is 419 Å². The average molecular weight is 1840 g/mol. The fourth-order valence-electron chi connectivity index (χ4n) is 10.2. The Morgan fingerprint density at radius 2 is 0.443 bits per heavy atom. The van der Waals surface area contributed by atoms with Crippen LogP contribution in [0.25, 0.3) is 11.1 Å². The molecule has 122 heavy (non-hydrogen) atoms. The molecule has 5 N–H and O–H groups in total. The van der Waals surface area contributed by atoms with E-state index < -0.39 is 29.0 Å². The number of fused-ring (bicyclic) bond motifs is 3. The van der Waals surface area contributed by atoms with Gasteiger partial charge in [0.25, 0.3) is 0 Å². The Bertz CT molecular complexity index is 3910. The van der Waals surface area contributed by atoms with E-state index in [1.807, 2.05) is 340 Å². The summed E-state index contributed by atoms with van der Waals surface area (Å²) in [5, 5.41) is 53.2. The van der Waals surface area contributed by atoms with Crippen LogP contribution in [0.3, 0.4) is 0 Å². The van der Waals surface area contributed by atoms with E-state index >= 15 is 0 Å². The highest BCUT2D eigenvalue weighted by molar-refractivity contribution is 6.92. The van der Waals surface area contributed by atoms with Crippen LogP contribution in [-0.2, 0) is 16.8 Å². The van der Waals surface area contributed by atoms with Gasteiger partial charge in [-0.2, -0.15) is 19.7 Å². The maximum atomic E-state index is 11.4. The summed E-state index contributed by atoms with van der Waals surface area (Å²) in [5.74, 6) is 8.60. The van der Waals surface area contributed by atoms with Crippen molar-refractivity contribution < 1.29 is 181 Å². The molecule has 41 heteroatoms. The van der Waals surface area contributed by atoms with Crippen LogP contribution in [0.4, 0.5) is 156 Å². The molecule has 0 saturated carbocycles. The summed E-state index contributed by atoms with van der Waals surface area (Å²) in [5.41, 5.74) is 8.90. The summed E-state index contributed by atoms with van der Waals surface area (Å²) in [6, 6.07) is 112. The predicted octanol–water partition coefficient (Wildman–Crippen LogP) is 30.4. The number of aliphatic hydroxyl groups is 5.